The van der Waals surface area contributed by atoms with Crippen LogP contribution < -0.4 is 4.74 Å². The Balaban J connectivity index is 2.32. The summed E-state index contributed by atoms with van der Waals surface area (Å²) in [6, 6.07) is 4.19. The van der Waals surface area contributed by atoms with Crippen LogP contribution in [0, 0.1) is 5.82 Å². The van der Waals surface area contributed by atoms with Gasteiger partial charge in [-0.2, -0.15) is 0 Å². The van der Waals surface area contributed by atoms with E-state index in [1.54, 1.807) is 6.07 Å². The maximum atomic E-state index is 13.3. The first-order chi connectivity index (χ1) is 9.11. The highest BCUT2D eigenvalue weighted by Gasteiger charge is 2.12. The van der Waals surface area contributed by atoms with Crippen molar-refractivity contribution in [2.24, 2.45) is 0 Å². The molecule has 0 N–H and O–H groups in total. The Labute approximate surface area is 120 Å². The van der Waals surface area contributed by atoms with E-state index in [-0.39, 0.29) is 5.02 Å². The fraction of sp³-hybridized carbons (Fsp3) is 0.231. The third kappa shape index (κ3) is 3.33. The molecule has 0 amide bonds. The summed E-state index contributed by atoms with van der Waals surface area (Å²) in [6.07, 6.45) is 2.87. The highest BCUT2D eigenvalue weighted by atomic mass is 35.5. The van der Waals surface area contributed by atoms with E-state index in [2.05, 4.69) is 9.97 Å². The molecule has 0 fully saturated rings. The van der Waals surface area contributed by atoms with Gasteiger partial charge >= 0.3 is 0 Å². The first-order valence-electron chi connectivity index (χ1n) is 5.74. The molecule has 0 spiro atoms. The smallest absolute Gasteiger partial charge is 0.227 e. The quantitative estimate of drug-likeness (QED) is 0.770. The van der Waals surface area contributed by atoms with Gasteiger partial charge in [0.25, 0.3) is 0 Å². The van der Waals surface area contributed by atoms with Gasteiger partial charge in [-0.1, -0.05) is 36.5 Å². The molecule has 1 heterocycles. The number of rotatable bonds is 4. The Morgan fingerprint density at radius 2 is 2.05 bits per heavy atom. The third-order valence-corrected chi connectivity index (χ3v) is 3.09. The van der Waals surface area contributed by atoms with Crippen molar-refractivity contribution in [1.29, 1.82) is 0 Å². The Hall–Kier alpha value is -1.39. The lowest BCUT2D eigenvalue weighted by molar-refractivity contribution is 0.449. The van der Waals surface area contributed by atoms with Crippen molar-refractivity contribution in [3.05, 3.63) is 46.1 Å². The molecule has 0 aliphatic rings. The van der Waals surface area contributed by atoms with Crippen molar-refractivity contribution in [3.8, 4) is 11.6 Å². The minimum absolute atomic E-state index is 0.0434. The molecule has 0 unspecified atom stereocenters. The second-order valence-electron chi connectivity index (χ2n) is 3.88. The van der Waals surface area contributed by atoms with Crippen LogP contribution in [0.4, 0.5) is 4.39 Å². The van der Waals surface area contributed by atoms with Crippen LogP contribution in [0.25, 0.3) is 0 Å². The largest absolute Gasteiger partial charge is 0.438 e. The lowest BCUT2D eigenvalue weighted by Crippen LogP contribution is -1.98. The molecule has 19 heavy (non-hydrogen) atoms. The lowest BCUT2D eigenvalue weighted by Gasteiger charge is -2.10. The zero-order chi connectivity index (χ0) is 13.8. The lowest BCUT2D eigenvalue weighted by atomic mass is 10.2. The summed E-state index contributed by atoms with van der Waals surface area (Å²) < 4.78 is 18.9. The fourth-order valence-electron chi connectivity index (χ4n) is 1.58. The van der Waals surface area contributed by atoms with Crippen molar-refractivity contribution in [1.82, 2.24) is 9.97 Å². The van der Waals surface area contributed by atoms with E-state index in [0.29, 0.717) is 28.8 Å². The monoisotopic (exact) mass is 300 g/mol. The number of aromatic nitrogens is 2. The molecule has 0 aliphatic carbocycles. The molecule has 6 heteroatoms. The van der Waals surface area contributed by atoms with Gasteiger partial charge in [0.05, 0.1) is 10.6 Å². The van der Waals surface area contributed by atoms with E-state index < -0.39 is 5.82 Å². The number of hydrogen-bond acceptors (Lipinski definition) is 3. The summed E-state index contributed by atoms with van der Waals surface area (Å²) in [6.45, 7) is 2.01. The molecule has 0 aliphatic heterocycles. The Morgan fingerprint density at radius 1 is 1.26 bits per heavy atom. The second-order valence-corrected chi connectivity index (χ2v) is 4.64. The highest BCUT2D eigenvalue weighted by molar-refractivity contribution is 6.30. The molecule has 2 aromatic rings. The minimum Gasteiger partial charge on any atom is -0.438 e. The van der Waals surface area contributed by atoms with Crippen molar-refractivity contribution in [2.45, 2.75) is 19.8 Å². The number of nitrogens with zero attached hydrogens (tertiary/aromatic N) is 2. The van der Waals surface area contributed by atoms with Gasteiger partial charge in [0.1, 0.15) is 23.0 Å². The van der Waals surface area contributed by atoms with E-state index in [1.807, 2.05) is 6.92 Å². The van der Waals surface area contributed by atoms with Crippen molar-refractivity contribution >= 4 is 23.2 Å². The molecule has 1 aromatic carbocycles. The van der Waals surface area contributed by atoms with Crippen LogP contribution >= 0.6 is 23.2 Å². The zero-order valence-electron chi connectivity index (χ0n) is 10.2. The van der Waals surface area contributed by atoms with Crippen LogP contribution in [0.15, 0.2) is 24.5 Å². The van der Waals surface area contributed by atoms with E-state index in [4.69, 9.17) is 27.9 Å². The Kier molecular flexibility index (Phi) is 4.56. The van der Waals surface area contributed by atoms with E-state index in [1.165, 1.54) is 18.5 Å². The summed E-state index contributed by atoms with van der Waals surface area (Å²) in [5, 5.41) is 0.392. The van der Waals surface area contributed by atoms with Crippen LogP contribution in [0.3, 0.4) is 0 Å². The first kappa shape index (κ1) is 14.0. The van der Waals surface area contributed by atoms with Crippen LogP contribution in [-0.2, 0) is 6.42 Å². The van der Waals surface area contributed by atoms with E-state index >= 15 is 0 Å². The SMILES string of the molecule is CCCc1c(Cl)ncnc1Oc1ccc(Cl)c(F)c1. The molecule has 100 valence electrons. The average molecular weight is 301 g/mol. The van der Waals surface area contributed by atoms with Gasteiger partial charge in [-0.05, 0) is 18.6 Å². The Bertz CT molecular complexity index is 593. The van der Waals surface area contributed by atoms with Gasteiger partial charge < -0.3 is 4.74 Å². The van der Waals surface area contributed by atoms with Crippen molar-refractivity contribution in [3.63, 3.8) is 0 Å². The molecular weight excluding hydrogens is 290 g/mol. The zero-order valence-corrected chi connectivity index (χ0v) is 11.7. The minimum atomic E-state index is -0.545. The average Bonchev–Trinajstić information content (AvgIpc) is 2.38. The number of ether oxygens (including phenoxy) is 1. The van der Waals surface area contributed by atoms with E-state index in [0.717, 1.165) is 6.42 Å². The predicted molar refractivity (Wildman–Crippen MR) is 72.5 cm³/mol. The van der Waals surface area contributed by atoms with Crippen LogP contribution in [0.2, 0.25) is 10.2 Å². The predicted octanol–water partition coefficient (Wildman–Crippen LogP) is 4.67. The molecule has 0 saturated carbocycles. The van der Waals surface area contributed by atoms with Gasteiger partial charge in [0, 0.05) is 6.07 Å². The standard InChI is InChI=1S/C13H11Cl2FN2O/c1-2-3-9-12(15)17-7-18-13(9)19-8-4-5-10(14)11(16)6-8/h4-7H,2-3H2,1H3. The Morgan fingerprint density at radius 3 is 2.74 bits per heavy atom. The van der Waals surface area contributed by atoms with Crippen LogP contribution in [-0.4, -0.2) is 9.97 Å². The maximum absolute atomic E-state index is 13.3. The van der Waals surface area contributed by atoms with E-state index in [9.17, 15) is 4.39 Å². The van der Waals surface area contributed by atoms with Crippen molar-refractivity contribution in [2.75, 3.05) is 0 Å². The molecule has 0 radical (unpaired) electrons. The normalized spacial score (nSPS) is 10.5. The number of hydrogen-bond donors (Lipinski definition) is 0. The number of halogens is 3. The van der Waals surface area contributed by atoms with Gasteiger partial charge in [0.15, 0.2) is 0 Å². The molecule has 3 nitrogen and oxygen atoms in total. The van der Waals surface area contributed by atoms with Gasteiger partial charge in [-0.15, -0.1) is 0 Å². The summed E-state index contributed by atoms with van der Waals surface area (Å²) in [7, 11) is 0. The van der Waals surface area contributed by atoms with Gasteiger partial charge in [0.2, 0.25) is 5.88 Å². The molecule has 0 bridgehead atoms. The molecule has 2 rings (SSSR count). The first-order valence-corrected chi connectivity index (χ1v) is 6.49. The second kappa shape index (κ2) is 6.17. The highest BCUT2D eigenvalue weighted by Crippen LogP contribution is 2.29. The summed E-state index contributed by atoms with van der Waals surface area (Å²) in [5.41, 5.74) is 0.710. The third-order valence-electron chi connectivity index (χ3n) is 2.46. The molecular formula is C13H11Cl2FN2O. The molecule has 0 atom stereocenters. The maximum Gasteiger partial charge on any atom is 0.227 e. The van der Waals surface area contributed by atoms with Gasteiger partial charge in [-0.25, -0.2) is 14.4 Å². The van der Waals surface area contributed by atoms with Crippen molar-refractivity contribution < 1.29 is 9.13 Å². The number of benzene rings is 1. The topological polar surface area (TPSA) is 35.0 Å². The molecule has 0 saturated heterocycles. The summed E-state index contributed by atoms with van der Waals surface area (Å²) >= 11 is 11.6. The van der Waals surface area contributed by atoms with Crippen LogP contribution in [0.1, 0.15) is 18.9 Å². The fourth-order valence-corrected chi connectivity index (χ4v) is 1.91. The van der Waals surface area contributed by atoms with Crippen LogP contribution in [0.5, 0.6) is 11.6 Å². The summed E-state index contributed by atoms with van der Waals surface area (Å²) in [4.78, 5) is 7.94. The van der Waals surface area contributed by atoms with Gasteiger partial charge in [-0.3, -0.25) is 0 Å². The molecule has 1 aromatic heterocycles. The summed E-state index contributed by atoms with van der Waals surface area (Å²) in [5.74, 6) is 0.106.